The van der Waals surface area contributed by atoms with E-state index in [2.05, 4.69) is 15.0 Å². The first-order valence-corrected chi connectivity index (χ1v) is 7.26. The molecule has 0 saturated heterocycles. The minimum Gasteiger partial charge on any atom is -0.454 e. The number of anilines is 1. The number of nitrogens with two attached hydrogens (primary N) is 1. The Balaban J connectivity index is 1.74. The van der Waals surface area contributed by atoms with E-state index >= 15 is 0 Å². The van der Waals surface area contributed by atoms with E-state index < -0.39 is 11.9 Å². The normalized spacial score (nSPS) is 11.8. The molecule has 0 spiro atoms. The van der Waals surface area contributed by atoms with Crippen LogP contribution in [0.15, 0.2) is 54.7 Å². The van der Waals surface area contributed by atoms with E-state index in [4.69, 9.17) is 15.2 Å². The fourth-order valence-electron chi connectivity index (χ4n) is 1.96. The largest absolute Gasteiger partial charge is 0.454 e. The molecule has 7 heteroatoms. The smallest absolute Gasteiger partial charge is 0.319 e. The molecule has 2 heterocycles. The predicted molar refractivity (Wildman–Crippen MR) is 86.2 cm³/mol. The van der Waals surface area contributed by atoms with Gasteiger partial charge in [0.15, 0.2) is 11.6 Å². The quantitative estimate of drug-likeness (QED) is 0.772. The maximum atomic E-state index is 13.1. The van der Waals surface area contributed by atoms with E-state index in [0.29, 0.717) is 17.3 Å². The molecule has 0 amide bonds. The van der Waals surface area contributed by atoms with Gasteiger partial charge in [0, 0.05) is 6.07 Å². The average Bonchev–Trinajstić information content (AvgIpc) is 2.59. The minimum absolute atomic E-state index is 0.0161. The third-order valence-corrected chi connectivity index (χ3v) is 3.16. The van der Waals surface area contributed by atoms with Crippen LogP contribution in [0.25, 0.3) is 0 Å². The monoisotopic (exact) mass is 326 g/mol. The number of nitrogens with zero attached hydrogens (tertiary/aromatic N) is 3. The first-order valence-electron chi connectivity index (χ1n) is 7.26. The SMILES string of the molecule is CC(Oc1ncc(F)c(N)n1)c1cccc(Oc2ccccc2)n1. The molecule has 1 unspecified atom stereocenters. The van der Waals surface area contributed by atoms with Crippen LogP contribution in [0, 0.1) is 5.82 Å². The lowest BCUT2D eigenvalue weighted by atomic mass is 10.2. The van der Waals surface area contributed by atoms with Gasteiger partial charge in [-0.2, -0.15) is 4.98 Å². The third kappa shape index (κ3) is 3.75. The fraction of sp³-hybridized carbons (Fsp3) is 0.118. The lowest BCUT2D eigenvalue weighted by Gasteiger charge is -2.14. The molecule has 2 aromatic heterocycles. The lowest BCUT2D eigenvalue weighted by Crippen LogP contribution is -2.09. The van der Waals surface area contributed by atoms with Gasteiger partial charge in [-0.05, 0) is 25.1 Å². The van der Waals surface area contributed by atoms with Gasteiger partial charge >= 0.3 is 6.01 Å². The van der Waals surface area contributed by atoms with Crippen LogP contribution in [0.1, 0.15) is 18.7 Å². The van der Waals surface area contributed by atoms with Crippen LogP contribution in [-0.4, -0.2) is 15.0 Å². The highest BCUT2D eigenvalue weighted by Gasteiger charge is 2.13. The van der Waals surface area contributed by atoms with Crippen LogP contribution < -0.4 is 15.2 Å². The zero-order valence-electron chi connectivity index (χ0n) is 12.9. The summed E-state index contributed by atoms with van der Waals surface area (Å²) in [5.41, 5.74) is 6.02. The van der Waals surface area contributed by atoms with Crippen LogP contribution in [0.5, 0.6) is 17.6 Å². The Bertz CT molecular complexity index is 830. The van der Waals surface area contributed by atoms with Gasteiger partial charge in [-0.3, -0.25) is 0 Å². The number of para-hydroxylation sites is 1. The van der Waals surface area contributed by atoms with E-state index in [-0.39, 0.29) is 11.8 Å². The second kappa shape index (κ2) is 6.91. The van der Waals surface area contributed by atoms with Gasteiger partial charge in [0.2, 0.25) is 5.88 Å². The van der Waals surface area contributed by atoms with Gasteiger partial charge in [0.05, 0.1) is 11.9 Å². The van der Waals surface area contributed by atoms with Gasteiger partial charge in [-0.1, -0.05) is 24.3 Å². The van der Waals surface area contributed by atoms with Gasteiger partial charge in [0.1, 0.15) is 11.9 Å². The number of hydrogen-bond donors (Lipinski definition) is 1. The Hall–Kier alpha value is -3.22. The molecule has 0 saturated carbocycles. The summed E-state index contributed by atoms with van der Waals surface area (Å²) in [7, 11) is 0. The van der Waals surface area contributed by atoms with Gasteiger partial charge in [-0.15, -0.1) is 0 Å². The summed E-state index contributed by atoms with van der Waals surface area (Å²) in [4.78, 5) is 11.9. The Morgan fingerprint density at radius 3 is 2.58 bits per heavy atom. The van der Waals surface area contributed by atoms with Gasteiger partial charge in [0.25, 0.3) is 0 Å². The first kappa shape index (κ1) is 15.7. The molecule has 0 bridgehead atoms. The molecule has 122 valence electrons. The van der Waals surface area contributed by atoms with Crippen molar-refractivity contribution in [1.82, 2.24) is 15.0 Å². The summed E-state index contributed by atoms with van der Waals surface area (Å²) in [6.07, 6.45) is 0.501. The van der Waals surface area contributed by atoms with E-state index in [1.54, 1.807) is 25.1 Å². The van der Waals surface area contributed by atoms with Crippen LogP contribution in [0.2, 0.25) is 0 Å². The Morgan fingerprint density at radius 2 is 1.83 bits per heavy atom. The van der Waals surface area contributed by atoms with Gasteiger partial charge < -0.3 is 15.2 Å². The molecular formula is C17H15FN4O2. The molecule has 3 aromatic rings. The number of nitrogen functional groups attached to an aromatic ring is 1. The molecule has 3 rings (SSSR count). The highest BCUT2D eigenvalue weighted by molar-refractivity contribution is 5.30. The van der Waals surface area contributed by atoms with Crippen molar-refractivity contribution in [2.75, 3.05) is 5.73 Å². The molecule has 6 nitrogen and oxygen atoms in total. The van der Waals surface area contributed by atoms with Crippen LogP contribution >= 0.6 is 0 Å². The molecule has 0 radical (unpaired) electrons. The highest BCUT2D eigenvalue weighted by Crippen LogP contribution is 2.23. The minimum atomic E-state index is -0.689. The van der Waals surface area contributed by atoms with Crippen LogP contribution in [0.3, 0.4) is 0 Å². The number of benzene rings is 1. The van der Waals surface area contributed by atoms with E-state index in [1.165, 1.54) is 0 Å². The van der Waals surface area contributed by atoms with Crippen molar-refractivity contribution in [2.24, 2.45) is 0 Å². The topological polar surface area (TPSA) is 83.2 Å². The number of pyridine rings is 1. The van der Waals surface area contributed by atoms with Crippen LogP contribution in [0.4, 0.5) is 10.2 Å². The summed E-state index contributed by atoms with van der Waals surface area (Å²) < 4.78 is 24.3. The number of rotatable bonds is 5. The number of hydrogen-bond acceptors (Lipinski definition) is 6. The third-order valence-electron chi connectivity index (χ3n) is 3.16. The van der Waals surface area contributed by atoms with Crippen molar-refractivity contribution < 1.29 is 13.9 Å². The van der Waals surface area contributed by atoms with E-state index in [1.807, 2.05) is 30.3 Å². The molecular weight excluding hydrogens is 311 g/mol. The van der Waals surface area contributed by atoms with Gasteiger partial charge in [-0.25, -0.2) is 14.4 Å². The number of aromatic nitrogens is 3. The zero-order chi connectivity index (χ0) is 16.9. The lowest BCUT2D eigenvalue weighted by molar-refractivity contribution is 0.201. The number of ether oxygens (including phenoxy) is 2. The van der Waals surface area contributed by atoms with Crippen molar-refractivity contribution >= 4 is 5.82 Å². The molecule has 0 aliphatic heterocycles. The summed E-state index contributed by atoms with van der Waals surface area (Å²) >= 11 is 0. The Labute approximate surface area is 138 Å². The molecule has 1 atom stereocenters. The van der Waals surface area contributed by atoms with Crippen molar-refractivity contribution in [3.05, 3.63) is 66.2 Å². The first-order chi connectivity index (χ1) is 11.6. The summed E-state index contributed by atoms with van der Waals surface area (Å²) in [5.74, 6) is 0.173. The van der Waals surface area contributed by atoms with Crippen molar-refractivity contribution in [2.45, 2.75) is 13.0 Å². The Kier molecular flexibility index (Phi) is 4.51. The summed E-state index contributed by atoms with van der Waals surface area (Å²) in [6, 6.07) is 14.7. The fourth-order valence-corrected chi connectivity index (χ4v) is 1.96. The van der Waals surface area contributed by atoms with E-state index in [9.17, 15) is 4.39 Å². The summed E-state index contributed by atoms with van der Waals surface area (Å²) in [5, 5.41) is 0. The van der Waals surface area contributed by atoms with E-state index in [0.717, 1.165) is 6.20 Å². The Morgan fingerprint density at radius 1 is 1.04 bits per heavy atom. The molecule has 24 heavy (non-hydrogen) atoms. The molecule has 0 fully saturated rings. The maximum absolute atomic E-state index is 13.1. The highest BCUT2D eigenvalue weighted by atomic mass is 19.1. The molecule has 0 aliphatic carbocycles. The predicted octanol–water partition coefficient (Wildman–Crippen LogP) is 3.53. The molecule has 0 aliphatic rings. The zero-order valence-corrected chi connectivity index (χ0v) is 12.9. The second-order valence-corrected chi connectivity index (χ2v) is 4.96. The molecule has 1 aromatic carbocycles. The van der Waals surface area contributed by atoms with Crippen molar-refractivity contribution in [3.63, 3.8) is 0 Å². The second-order valence-electron chi connectivity index (χ2n) is 4.96. The standard InChI is InChI=1S/C17H15FN4O2/c1-11(23-17-20-10-13(18)16(19)22-17)14-8-5-9-15(21-14)24-12-6-3-2-4-7-12/h2-11H,1H3,(H2,19,20,22). The molecule has 2 N–H and O–H groups in total. The van der Waals surface area contributed by atoms with Crippen LogP contribution in [-0.2, 0) is 0 Å². The number of halogens is 1. The van der Waals surface area contributed by atoms with Crippen molar-refractivity contribution in [3.8, 4) is 17.6 Å². The van der Waals surface area contributed by atoms with Crippen molar-refractivity contribution in [1.29, 1.82) is 0 Å². The maximum Gasteiger partial charge on any atom is 0.319 e. The summed E-state index contributed by atoms with van der Waals surface area (Å²) in [6.45, 7) is 1.78. The average molecular weight is 326 g/mol.